The lowest BCUT2D eigenvalue weighted by Gasteiger charge is -2.10. The first-order chi connectivity index (χ1) is 10.0. The first kappa shape index (κ1) is 15.5. The first-order valence-electron chi connectivity index (χ1n) is 7.26. The fourth-order valence-corrected chi connectivity index (χ4v) is 3.00. The molecule has 2 aromatic rings. The van der Waals surface area contributed by atoms with Gasteiger partial charge in [0.2, 0.25) is 0 Å². The van der Waals surface area contributed by atoms with Crippen LogP contribution < -0.4 is 11.5 Å². The molecule has 5 heteroatoms. The maximum atomic E-state index is 11.4. The van der Waals surface area contributed by atoms with E-state index in [-0.39, 0.29) is 0 Å². The zero-order valence-corrected chi connectivity index (χ0v) is 12.6. The van der Waals surface area contributed by atoms with Crippen LogP contribution in [0, 0.1) is 13.8 Å². The molecule has 1 aromatic carbocycles. The molecule has 0 saturated carbocycles. The van der Waals surface area contributed by atoms with Gasteiger partial charge >= 0.3 is 5.97 Å². The summed E-state index contributed by atoms with van der Waals surface area (Å²) >= 11 is 0. The van der Waals surface area contributed by atoms with Crippen molar-refractivity contribution in [3.8, 4) is 0 Å². The summed E-state index contributed by atoms with van der Waals surface area (Å²) in [4.78, 5) is 11.4. The zero-order valence-electron chi connectivity index (χ0n) is 12.6. The summed E-state index contributed by atoms with van der Waals surface area (Å²) in [5.41, 5.74) is 15.7. The van der Waals surface area contributed by atoms with E-state index in [9.17, 15) is 9.90 Å². The monoisotopic (exact) mass is 289 g/mol. The predicted molar refractivity (Wildman–Crippen MR) is 84.8 cm³/mol. The standard InChI is InChI=1S/C16H23N3O2/c1-10-8-13(16(20)21)11(2)14-12(4-3-5-17)9-19(7-6-18)15(10)14/h8-9H,3-7,17-18H2,1-2H3,(H,20,21). The number of fused-ring (bicyclic) bond motifs is 1. The molecular weight excluding hydrogens is 266 g/mol. The molecule has 0 fully saturated rings. The number of carbonyl (C=O) groups is 1. The maximum Gasteiger partial charge on any atom is 0.335 e. The van der Waals surface area contributed by atoms with Gasteiger partial charge in [0.15, 0.2) is 0 Å². The second-order valence-electron chi connectivity index (χ2n) is 5.42. The van der Waals surface area contributed by atoms with Crippen molar-refractivity contribution in [2.75, 3.05) is 13.1 Å². The molecule has 0 aliphatic carbocycles. The second kappa shape index (κ2) is 6.28. The summed E-state index contributed by atoms with van der Waals surface area (Å²) in [5.74, 6) is -0.881. The molecule has 21 heavy (non-hydrogen) atoms. The van der Waals surface area contributed by atoms with Crippen molar-refractivity contribution < 1.29 is 9.90 Å². The van der Waals surface area contributed by atoms with Crippen LogP contribution in [0.15, 0.2) is 12.3 Å². The third-order valence-corrected chi connectivity index (χ3v) is 3.92. The van der Waals surface area contributed by atoms with Gasteiger partial charge in [-0.1, -0.05) is 0 Å². The quantitative estimate of drug-likeness (QED) is 0.756. The van der Waals surface area contributed by atoms with Gasteiger partial charge in [-0.05, 0) is 56.0 Å². The van der Waals surface area contributed by atoms with Crippen LogP contribution in [-0.4, -0.2) is 28.7 Å². The number of nitrogens with two attached hydrogens (primary N) is 2. The van der Waals surface area contributed by atoms with Gasteiger partial charge in [-0.2, -0.15) is 0 Å². The number of aromatic nitrogens is 1. The second-order valence-corrected chi connectivity index (χ2v) is 5.42. The highest BCUT2D eigenvalue weighted by molar-refractivity contribution is 6.00. The van der Waals surface area contributed by atoms with E-state index in [1.807, 2.05) is 13.8 Å². The average Bonchev–Trinajstić information content (AvgIpc) is 2.80. The van der Waals surface area contributed by atoms with E-state index in [4.69, 9.17) is 11.5 Å². The normalized spacial score (nSPS) is 11.2. The van der Waals surface area contributed by atoms with Gasteiger partial charge in [-0.25, -0.2) is 4.79 Å². The van der Waals surface area contributed by atoms with Crippen LogP contribution >= 0.6 is 0 Å². The molecule has 2 rings (SSSR count). The highest BCUT2D eigenvalue weighted by Crippen LogP contribution is 2.31. The largest absolute Gasteiger partial charge is 0.478 e. The van der Waals surface area contributed by atoms with Crippen LogP contribution in [0.4, 0.5) is 0 Å². The summed E-state index contributed by atoms with van der Waals surface area (Å²) in [7, 11) is 0. The molecule has 1 aromatic heterocycles. The van der Waals surface area contributed by atoms with Gasteiger partial charge in [0, 0.05) is 24.7 Å². The molecule has 5 N–H and O–H groups in total. The van der Waals surface area contributed by atoms with Gasteiger partial charge in [-0.3, -0.25) is 0 Å². The van der Waals surface area contributed by atoms with E-state index >= 15 is 0 Å². The van der Waals surface area contributed by atoms with E-state index in [0.29, 0.717) is 18.7 Å². The molecule has 0 amide bonds. The lowest BCUT2D eigenvalue weighted by atomic mass is 9.96. The highest BCUT2D eigenvalue weighted by Gasteiger charge is 2.18. The van der Waals surface area contributed by atoms with E-state index < -0.39 is 5.97 Å². The number of nitrogens with zero attached hydrogens (tertiary/aromatic N) is 1. The van der Waals surface area contributed by atoms with E-state index in [0.717, 1.165) is 47.0 Å². The molecular formula is C16H23N3O2. The third kappa shape index (κ3) is 2.80. The Bertz CT molecular complexity index is 674. The maximum absolute atomic E-state index is 11.4. The highest BCUT2D eigenvalue weighted by atomic mass is 16.4. The minimum Gasteiger partial charge on any atom is -0.478 e. The summed E-state index contributed by atoms with van der Waals surface area (Å²) in [5, 5.41) is 10.4. The molecule has 1 heterocycles. The summed E-state index contributed by atoms with van der Waals surface area (Å²) in [6, 6.07) is 1.75. The fourth-order valence-electron chi connectivity index (χ4n) is 3.00. The lowest BCUT2D eigenvalue weighted by molar-refractivity contribution is 0.0696. The number of benzene rings is 1. The topological polar surface area (TPSA) is 94.3 Å². The molecule has 5 nitrogen and oxygen atoms in total. The number of carboxylic acid groups (broad SMARTS) is 1. The van der Waals surface area contributed by atoms with E-state index in [1.165, 1.54) is 0 Å². The first-order valence-corrected chi connectivity index (χ1v) is 7.26. The van der Waals surface area contributed by atoms with Crippen LogP contribution in [0.2, 0.25) is 0 Å². The molecule has 0 saturated heterocycles. The van der Waals surface area contributed by atoms with Crippen LogP contribution in [-0.2, 0) is 13.0 Å². The van der Waals surface area contributed by atoms with Crippen LogP contribution in [0.25, 0.3) is 10.9 Å². The minimum absolute atomic E-state index is 0.375. The Morgan fingerprint density at radius 1 is 1.29 bits per heavy atom. The number of carboxylic acids is 1. The van der Waals surface area contributed by atoms with E-state index in [2.05, 4.69) is 10.8 Å². The molecule has 114 valence electrons. The Kier molecular flexibility index (Phi) is 4.65. The zero-order chi connectivity index (χ0) is 15.6. The molecule has 0 radical (unpaired) electrons. The Morgan fingerprint density at radius 3 is 2.57 bits per heavy atom. The SMILES string of the molecule is Cc1c(C(=O)O)cc(C)c2c1c(CCCN)cn2CCN. The van der Waals surface area contributed by atoms with Gasteiger partial charge in [0.1, 0.15) is 0 Å². The minimum atomic E-state index is -0.881. The van der Waals surface area contributed by atoms with Crippen LogP contribution in [0.3, 0.4) is 0 Å². The van der Waals surface area contributed by atoms with E-state index in [1.54, 1.807) is 6.07 Å². The molecule has 0 atom stereocenters. The van der Waals surface area contributed by atoms with Crippen LogP contribution in [0.5, 0.6) is 0 Å². The molecule has 0 aliphatic heterocycles. The van der Waals surface area contributed by atoms with Gasteiger partial charge < -0.3 is 21.1 Å². The Labute approximate surface area is 124 Å². The Morgan fingerprint density at radius 2 is 2.00 bits per heavy atom. The predicted octanol–water partition coefficient (Wildman–Crippen LogP) is 1.81. The van der Waals surface area contributed by atoms with Crippen molar-refractivity contribution >= 4 is 16.9 Å². The smallest absolute Gasteiger partial charge is 0.335 e. The third-order valence-electron chi connectivity index (χ3n) is 3.92. The van der Waals surface area contributed by atoms with Crippen molar-refractivity contribution in [3.63, 3.8) is 0 Å². The number of aromatic carboxylic acids is 1. The summed E-state index contributed by atoms with van der Waals surface area (Å²) in [6.45, 7) is 5.74. The van der Waals surface area contributed by atoms with Gasteiger partial charge in [0.25, 0.3) is 0 Å². The van der Waals surface area contributed by atoms with Gasteiger partial charge in [-0.15, -0.1) is 0 Å². The van der Waals surface area contributed by atoms with Crippen molar-refractivity contribution in [3.05, 3.63) is 34.5 Å². The lowest BCUT2D eigenvalue weighted by Crippen LogP contribution is -2.09. The summed E-state index contributed by atoms with van der Waals surface area (Å²) < 4.78 is 2.13. The van der Waals surface area contributed by atoms with Crippen LogP contribution in [0.1, 0.15) is 33.5 Å². The number of aryl methyl sites for hydroxylation is 3. The number of hydrogen-bond acceptors (Lipinski definition) is 3. The van der Waals surface area contributed by atoms with Crippen molar-refractivity contribution in [1.29, 1.82) is 0 Å². The number of rotatable bonds is 6. The Balaban J connectivity index is 2.74. The van der Waals surface area contributed by atoms with Crippen molar-refractivity contribution in [2.24, 2.45) is 11.5 Å². The molecule has 0 aliphatic rings. The number of hydrogen-bond donors (Lipinski definition) is 3. The average molecular weight is 289 g/mol. The summed E-state index contributed by atoms with van der Waals surface area (Å²) in [6.07, 6.45) is 3.84. The van der Waals surface area contributed by atoms with Crippen molar-refractivity contribution in [1.82, 2.24) is 4.57 Å². The Hall–Kier alpha value is -1.85. The van der Waals surface area contributed by atoms with Crippen molar-refractivity contribution in [2.45, 2.75) is 33.2 Å². The molecule has 0 bridgehead atoms. The molecule has 0 spiro atoms. The van der Waals surface area contributed by atoms with Gasteiger partial charge in [0.05, 0.1) is 11.1 Å². The molecule has 0 unspecified atom stereocenters. The fraction of sp³-hybridized carbons (Fsp3) is 0.438.